The van der Waals surface area contributed by atoms with E-state index in [1.807, 2.05) is 37.5 Å². The van der Waals surface area contributed by atoms with Crippen molar-refractivity contribution in [2.24, 2.45) is 34.5 Å². The fourth-order valence-electron chi connectivity index (χ4n) is 8.39. The van der Waals surface area contributed by atoms with Crippen molar-refractivity contribution in [1.29, 1.82) is 0 Å². The van der Waals surface area contributed by atoms with Gasteiger partial charge in [-0.15, -0.1) is 0 Å². The average molecular weight is 487 g/mol. The van der Waals surface area contributed by atoms with Crippen molar-refractivity contribution < 1.29 is 19.1 Å². The predicted molar refractivity (Wildman–Crippen MR) is 136 cm³/mol. The molecule has 2 amide bonds. The molecule has 4 aliphatic rings. The van der Waals surface area contributed by atoms with E-state index < -0.39 is 5.60 Å². The molecule has 0 aromatic heterocycles. The zero-order chi connectivity index (χ0) is 25.9. The highest BCUT2D eigenvalue weighted by Gasteiger charge is 2.63. The summed E-state index contributed by atoms with van der Waals surface area (Å²) >= 11 is 0. The lowest BCUT2D eigenvalue weighted by atomic mass is 9.49. The first kappa shape index (κ1) is 26.2. The highest BCUT2D eigenvalue weighted by molar-refractivity contribution is 5.97. The predicted octanol–water partition coefficient (Wildman–Crippen LogP) is 5.81. The van der Waals surface area contributed by atoms with Crippen molar-refractivity contribution in [3.8, 4) is 0 Å². The van der Waals surface area contributed by atoms with Crippen molar-refractivity contribution in [3.63, 3.8) is 0 Å². The van der Waals surface area contributed by atoms with E-state index in [-0.39, 0.29) is 28.6 Å². The Balaban J connectivity index is 1.73. The number of ketones is 1. The van der Waals surface area contributed by atoms with Crippen LogP contribution in [0.5, 0.6) is 0 Å². The van der Waals surface area contributed by atoms with Gasteiger partial charge in [0.1, 0.15) is 5.60 Å². The zero-order valence-electron chi connectivity index (χ0n) is 23.2. The lowest BCUT2D eigenvalue weighted by molar-refractivity contribution is -0.143. The van der Waals surface area contributed by atoms with Gasteiger partial charge < -0.3 is 9.64 Å². The van der Waals surface area contributed by atoms with Gasteiger partial charge in [-0.3, -0.25) is 14.5 Å². The standard InChI is InChI=1S/C29H46N2O4/c1-9-30(10-2)25(33)22-12-11-20-19-17-31(26(34)35-27(4,5)6)24-18(3)23(32)14-16-29(24,8)21(19)13-15-28(20,22)7/h19-22H,9-17H2,1-8H3/t19-,20-,21-,22+,28-,29+/m0/s1. The van der Waals surface area contributed by atoms with E-state index in [9.17, 15) is 14.4 Å². The SMILES string of the molecule is CCN(CC)C(=O)[C@H]1CC[C@H]2[C@@H]3CN(C(=O)OC(C)(C)C)C4=C(C)C(=O)CC[C@]4(C)[C@H]3CC[C@]12C. The lowest BCUT2D eigenvalue weighted by Crippen LogP contribution is -2.60. The second kappa shape index (κ2) is 8.92. The number of allylic oxidation sites excluding steroid dienone is 2. The molecule has 0 aromatic rings. The van der Waals surface area contributed by atoms with E-state index in [1.165, 1.54) is 0 Å². The van der Waals surface area contributed by atoms with Gasteiger partial charge in [0, 0.05) is 48.7 Å². The van der Waals surface area contributed by atoms with Crippen LogP contribution in [-0.4, -0.2) is 52.8 Å². The molecule has 1 heterocycles. The zero-order valence-corrected chi connectivity index (χ0v) is 23.2. The average Bonchev–Trinajstić information content (AvgIpc) is 3.13. The molecule has 3 fully saturated rings. The van der Waals surface area contributed by atoms with Crippen molar-refractivity contribution >= 4 is 17.8 Å². The monoisotopic (exact) mass is 486 g/mol. The minimum atomic E-state index is -0.604. The van der Waals surface area contributed by atoms with E-state index in [0.29, 0.717) is 36.6 Å². The number of fused-ring (bicyclic) bond motifs is 5. The molecule has 0 N–H and O–H groups in total. The van der Waals surface area contributed by atoms with E-state index in [0.717, 1.165) is 56.5 Å². The quantitative estimate of drug-likeness (QED) is 0.505. The van der Waals surface area contributed by atoms with E-state index in [1.54, 1.807) is 0 Å². The molecular formula is C29H46N2O4. The number of likely N-dealkylation sites (tertiary alicyclic amines) is 1. The molecule has 35 heavy (non-hydrogen) atoms. The number of amides is 2. The van der Waals surface area contributed by atoms with Gasteiger partial charge in [-0.2, -0.15) is 0 Å². The summed E-state index contributed by atoms with van der Waals surface area (Å²) in [4.78, 5) is 43.7. The van der Waals surface area contributed by atoms with Crippen LogP contribution < -0.4 is 0 Å². The summed E-state index contributed by atoms with van der Waals surface area (Å²) in [7, 11) is 0. The van der Waals surface area contributed by atoms with Crippen LogP contribution in [0, 0.1) is 34.5 Å². The van der Waals surface area contributed by atoms with Crippen LogP contribution in [0.1, 0.15) is 93.9 Å². The van der Waals surface area contributed by atoms with E-state index in [2.05, 4.69) is 27.7 Å². The van der Waals surface area contributed by atoms with Crippen molar-refractivity contribution in [2.75, 3.05) is 19.6 Å². The van der Waals surface area contributed by atoms with Crippen LogP contribution in [0.25, 0.3) is 0 Å². The second-order valence-corrected chi connectivity index (χ2v) is 13.0. The molecule has 6 heteroatoms. The number of ether oxygens (including phenoxy) is 1. The Bertz CT molecular complexity index is 929. The summed E-state index contributed by atoms with van der Waals surface area (Å²) < 4.78 is 5.87. The molecule has 0 aromatic carbocycles. The maximum absolute atomic E-state index is 13.5. The molecule has 4 rings (SSSR count). The Morgan fingerprint density at radius 3 is 2.31 bits per heavy atom. The van der Waals surface area contributed by atoms with Crippen molar-refractivity contribution in [1.82, 2.24) is 9.80 Å². The van der Waals surface area contributed by atoms with Crippen LogP contribution in [-0.2, 0) is 14.3 Å². The number of carbonyl (C=O) groups is 3. The molecule has 2 saturated carbocycles. The molecule has 1 saturated heterocycles. The minimum Gasteiger partial charge on any atom is -0.443 e. The summed E-state index contributed by atoms with van der Waals surface area (Å²) in [5.74, 6) is 1.64. The summed E-state index contributed by atoms with van der Waals surface area (Å²) in [6.07, 6.45) is 5.04. The Labute approximate surface area is 211 Å². The molecule has 6 atom stereocenters. The Morgan fingerprint density at radius 1 is 1.06 bits per heavy atom. The van der Waals surface area contributed by atoms with Gasteiger partial charge in [0.15, 0.2) is 5.78 Å². The molecule has 6 nitrogen and oxygen atoms in total. The number of rotatable bonds is 3. The van der Waals surface area contributed by atoms with Crippen LogP contribution >= 0.6 is 0 Å². The normalized spacial score (nSPS) is 36.9. The Kier molecular flexibility index (Phi) is 6.68. The van der Waals surface area contributed by atoms with Gasteiger partial charge in [0.05, 0.1) is 0 Å². The first-order valence-electron chi connectivity index (χ1n) is 13.8. The van der Waals surface area contributed by atoms with Crippen LogP contribution in [0.15, 0.2) is 11.3 Å². The second-order valence-electron chi connectivity index (χ2n) is 13.0. The van der Waals surface area contributed by atoms with Crippen LogP contribution in [0.3, 0.4) is 0 Å². The highest BCUT2D eigenvalue weighted by Crippen LogP contribution is 2.66. The molecule has 0 radical (unpaired) electrons. The third-order valence-corrected chi connectivity index (χ3v) is 10.1. The maximum Gasteiger partial charge on any atom is 0.414 e. The minimum absolute atomic E-state index is 0.0441. The molecular weight excluding hydrogens is 440 g/mol. The summed E-state index contributed by atoms with van der Waals surface area (Å²) in [5, 5.41) is 0. The molecule has 0 unspecified atom stereocenters. The van der Waals surface area contributed by atoms with Gasteiger partial charge in [0.2, 0.25) is 5.91 Å². The van der Waals surface area contributed by atoms with Gasteiger partial charge in [0.25, 0.3) is 0 Å². The molecule has 1 aliphatic heterocycles. The first-order valence-corrected chi connectivity index (χ1v) is 13.8. The number of carbonyl (C=O) groups excluding carboxylic acids is 3. The van der Waals surface area contributed by atoms with Crippen LogP contribution in [0.2, 0.25) is 0 Å². The molecule has 196 valence electrons. The summed E-state index contributed by atoms with van der Waals surface area (Å²) in [6.45, 7) is 18.4. The Morgan fingerprint density at radius 2 is 1.71 bits per heavy atom. The fraction of sp³-hybridized carbons (Fsp3) is 0.828. The van der Waals surface area contributed by atoms with Crippen molar-refractivity contribution in [2.45, 2.75) is 99.5 Å². The van der Waals surface area contributed by atoms with Gasteiger partial charge in [-0.1, -0.05) is 13.8 Å². The van der Waals surface area contributed by atoms with Crippen LogP contribution in [0.4, 0.5) is 4.79 Å². The largest absolute Gasteiger partial charge is 0.443 e. The third-order valence-electron chi connectivity index (χ3n) is 10.1. The van der Waals surface area contributed by atoms with E-state index >= 15 is 0 Å². The number of Topliss-reactive ketones (excluding diaryl/α,β-unsaturated/α-hetero) is 1. The summed E-state index contributed by atoms with van der Waals surface area (Å²) in [5.41, 5.74) is 0.768. The lowest BCUT2D eigenvalue weighted by Gasteiger charge is -2.60. The Hall–Kier alpha value is -1.85. The van der Waals surface area contributed by atoms with Gasteiger partial charge >= 0.3 is 6.09 Å². The fourth-order valence-corrected chi connectivity index (χ4v) is 8.39. The molecule has 0 bridgehead atoms. The van der Waals surface area contributed by atoms with Gasteiger partial charge in [-0.25, -0.2) is 4.79 Å². The topological polar surface area (TPSA) is 66.9 Å². The maximum atomic E-state index is 13.5. The first-order chi connectivity index (χ1) is 16.3. The van der Waals surface area contributed by atoms with Crippen molar-refractivity contribution in [3.05, 3.63) is 11.3 Å². The highest BCUT2D eigenvalue weighted by atomic mass is 16.6. The summed E-state index contributed by atoms with van der Waals surface area (Å²) in [6, 6.07) is 0. The number of nitrogens with zero attached hydrogens (tertiary/aromatic N) is 2. The number of hydrogen-bond donors (Lipinski definition) is 0. The van der Waals surface area contributed by atoms with E-state index in [4.69, 9.17) is 4.74 Å². The van der Waals surface area contributed by atoms with Gasteiger partial charge in [-0.05, 0) is 96.8 Å². The molecule has 0 spiro atoms. The molecule has 3 aliphatic carbocycles. The third kappa shape index (κ3) is 4.13. The number of piperidine rings is 1. The smallest absolute Gasteiger partial charge is 0.414 e. The number of hydrogen-bond acceptors (Lipinski definition) is 4.